The number of hydrogen-bond acceptors (Lipinski definition) is 3. The van der Waals surface area contributed by atoms with E-state index < -0.39 is 0 Å². The van der Waals surface area contributed by atoms with Gasteiger partial charge in [-0.15, -0.1) is 11.6 Å². The number of nitrogens with zero attached hydrogens (tertiary/aromatic N) is 2. The summed E-state index contributed by atoms with van der Waals surface area (Å²) in [7, 11) is 0. The molecular weight excluding hydrogens is 292 g/mol. The topological polar surface area (TPSA) is 49.9 Å². The molecule has 0 unspecified atom stereocenters. The van der Waals surface area contributed by atoms with Gasteiger partial charge in [0.1, 0.15) is 6.61 Å². The number of halogens is 1. The minimum Gasteiger partial charge on any atom is -0.448 e. The number of rotatable bonds is 3. The van der Waals surface area contributed by atoms with Crippen molar-refractivity contribution >= 4 is 23.6 Å². The Morgan fingerprint density at radius 2 is 1.67 bits per heavy atom. The number of piperazine rings is 1. The highest BCUT2D eigenvalue weighted by Gasteiger charge is 2.25. The molecule has 1 aromatic carbocycles. The van der Waals surface area contributed by atoms with E-state index >= 15 is 0 Å². The quantitative estimate of drug-likeness (QED) is 0.804. The summed E-state index contributed by atoms with van der Waals surface area (Å²) >= 11 is 5.48. The van der Waals surface area contributed by atoms with Crippen LogP contribution in [0.4, 0.5) is 4.79 Å². The average Bonchev–Trinajstić information content (AvgIpc) is 2.53. The largest absolute Gasteiger partial charge is 0.448 e. The van der Waals surface area contributed by atoms with Gasteiger partial charge in [0, 0.05) is 31.7 Å². The molecular formula is C15H19ClN2O3. The summed E-state index contributed by atoms with van der Waals surface area (Å²) in [4.78, 5) is 27.4. The Kier molecular flexibility index (Phi) is 5.44. The Labute approximate surface area is 129 Å². The molecule has 0 aromatic heterocycles. The van der Waals surface area contributed by atoms with Crippen molar-refractivity contribution in [2.45, 2.75) is 6.92 Å². The summed E-state index contributed by atoms with van der Waals surface area (Å²) in [5.41, 5.74) is 1.80. The van der Waals surface area contributed by atoms with Crippen LogP contribution in [-0.2, 0) is 4.74 Å². The molecule has 21 heavy (non-hydrogen) atoms. The normalized spacial score (nSPS) is 15.0. The second-order valence-electron chi connectivity index (χ2n) is 4.95. The minimum atomic E-state index is -0.363. The predicted octanol–water partition coefficient (Wildman–Crippen LogP) is 2.13. The van der Waals surface area contributed by atoms with E-state index in [1.54, 1.807) is 9.80 Å². The average molecular weight is 311 g/mol. The number of carbonyl (C=O) groups excluding carboxylic acids is 2. The lowest BCUT2D eigenvalue weighted by Gasteiger charge is -2.34. The standard InChI is InChI=1S/C15H19ClN2O3/c1-12-2-4-13(5-3-12)14(19)17-7-9-18(10-8-17)15(20)21-11-6-16/h2-5H,6-11H2,1H3. The molecule has 0 atom stereocenters. The Balaban J connectivity index is 1.87. The zero-order valence-corrected chi connectivity index (χ0v) is 12.8. The van der Waals surface area contributed by atoms with Gasteiger partial charge in [0.15, 0.2) is 0 Å². The van der Waals surface area contributed by atoms with Crippen molar-refractivity contribution in [2.75, 3.05) is 38.7 Å². The number of amides is 2. The number of alkyl halides is 1. The SMILES string of the molecule is Cc1ccc(C(=O)N2CCN(C(=O)OCCCl)CC2)cc1. The fourth-order valence-corrected chi connectivity index (χ4v) is 2.27. The Hall–Kier alpha value is -1.75. The van der Waals surface area contributed by atoms with Crippen LogP contribution in [0.25, 0.3) is 0 Å². The van der Waals surface area contributed by atoms with Crippen molar-refractivity contribution in [3.05, 3.63) is 35.4 Å². The van der Waals surface area contributed by atoms with Gasteiger partial charge in [-0.1, -0.05) is 17.7 Å². The third-order valence-electron chi connectivity index (χ3n) is 3.43. The van der Waals surface area contributed by atoms with E-state index in [-0.39, 0.29) is 24.5 Å². The predicted molar refractivity (Wildman–Crippen MR) is 80.7 cm³/mol. The maximum absolute atomic E-state index is 12.3. The summed E-state index contributed by atoms with van der Waals surface area (Å²) in [6.07, 6.45) is -0.363. The van der Waals surface area contributed by atoms with Gasteiger partial charge in [0.2, 0.25) is 0 Å². The fraction of sp³-hybridized carbons (Fsp3) is 0.467. The van der Waals surface area contributed by atoms with Crippen LogP contribution in [0.3, 0.4) is 0 Å². The van der Waals surface area contributed by atoms with Crippen molar-refractivity contribution in [1.82, 2.24) is 9.80 Å². The first kappa shape index (κ1) is 15.6. The van der Waals surface area contributed by atoms with Crippen LogP contribution in [0.2, 0.25) is 0 Å². The van der Waals surface area contributed by atoms with Crippen molar-refractivity contribution in [3.8, 4) is 0 Å². The van der Waals surface area contributed by atoms with E-state index in [0.29, 0.717) is 31.7 Å². The highest BCUT2D eigenvalue weighted by Crippen LogP contribution is 2.10. The van der Waals surface area contributed by atoms with Gasteiger partial charge in [-0.3, -0.25) is 4.79 Å². The van der Waals surface area contributed by atoms with E-state index in [1.807, 2.05) is 31.2 Å². The highest BCUT2D eigenvalue weighted by atomic mass is 35.5. The molecule has 2 amide bonds. The summed E-state index contributed by atoms with van der Waals surface area (Å²) in [5, 5.41) is 0. The number of ether oxygens (including phenoxy) is 1. The van der Waals surface area contributed by atoms with Crippen molar-refractivity contribution < 1.29 is 14.3 Å². The highest BCUT2D eigenvalue weighted by molar-refractivity contribution is 6.18. The number of benzene rings is 1. The van der Waals surface area contributed by atoms with Crippen LogP contribution >= 0.6 is 11.6 Å². The first-order valence-corrected chi connectivity index (χ1v) is 7.49. The summed E-state index contributed by atoms with van der Waals surface area (Å²) in [6, 6.07) is 7.51. The summed E-state index contributed by atoms with van der Waals surface area (Å²) in [6.45, 7) is 4.20. The molecule has 0 spiro atoms. The Morgan fingerprint density at radius 3 is 2.24 bits per heavy atom. The van der Waals surface area contributed by atoms with Gasteiger partial charge in [0.25, 0.3) is 5.91 Å². The molecule has 6 heteroatoms. The first-order valence-electron chi connectivity index (χ1n) is 6.95. The monoisotopic (exact) mass is 310 g/mol. The van der Waals surface area contributed by atoms with E-state index in [0.717, 1.165) is 5.56 Å². The molecule has 1 aliphatic heterocycles. The maximum atomic E-state index is 12.3. The third-order valence-corrected chi connectivity index (χ3v) is 3.58. The molecule has 1 aliphatic rings. The van der Waals surface area contributed by atoms with Gasteiger partial charge >= 0.3 is 6.09 Å². The summed E-state index contributed by atoms with van der Waals surface area (Å²) in [5.74, 6) is 0.293. The second kappa shape index (κ2) is 7.31. The Morgan fingerprint density at radius 1 is 1.10 bits per heavy atom. The van der Waals surface area contributed by atoms with Gasteiger partial charge in [-0.05, 0) is 19.1 Å². The lowest BCUT2D eigenvalue weighted by Crippen LogP contribution is -2.50. The fourth-order valence-electron chi connectivity index (χ4n) is 2.19. The molecule has 1 heterocycles. The smallest absolute Gasteiger partial charge is 0.409 e. The molecule has 0 bridgehead atoms. The van der Waals surface area contributed by atoms with E-state index in [9.17, 15) is 9.59 Å². The first-order chi connectivity index (χ1) is 10.1. The van der Waals surface area contributed by atoms with E-state index in [4.69, 9.17) is 16.3 Å². The minimum absolute atomic E-state index is 0.00350. The molecule has 0 radical (unpaired) electrons. The molecule has 0 saturated carbocycles. The second-order valence-corrected chi connectivity index (χ2v) is 5.33. The van der Waals surface area contributed by atoms with Crippen LogP contribution in [0.15, 0.2) is 24.3 Å². The van der Waals surface area contributed by atoms with Gasteiger partial charge in [-0.2, -0.15) is 0 Å². The molecule has 1 aromatic rings. The molecule has 0 N–H and O–H groups in total. The van der Waals surface area contributed by atoms with Crippen LogP contribution < -0.4 is 0 Å². The zero-order valence-electron chi connectivity index (χ0n) is 12.0. The third kappa shape index (κ3) is 4.11. The van der Waals surface area contributed by atoms with Gasteiger partial charge in [-0.25, -0.2) is 4.79 Å². The lowest BCUT2D eigenvalue weighted by molar-refractivity contribution is 0.0572. The van der Waals surface area contributed by atoms with E-state index in [2.05, 4.69) is 0 Å². The molecule has 0 aliphatic carbocycles. The molecule has 114 valence electrons. The van der Waals surface area contributed by atoms with Crippen molar-refractivity contribution in [2.24, 2.45) is 0 Å². The maximum Gasteiger partial charge on any atom is 0.409 e. The van der Waals surface area contributed by atoms with Crippen LogP contribution in [-0.4, -0.2) is 60.5 Å². The number of carbonyl (C=O) groups is 2. The number of aryl methyl sites for hydroxylation is 1. The molecule has 2 rings (SSSR count). The van der Waals surface area contributed by atoms with Crippen LogP contribution in [0.1, 0.15) is 15.9 Å². The van der Waals surface area contributed by atoms with Crippen molar-refractivity contribution in [1.29, 1.82) is 0 Å². The zero-order chi connectivity index (χ0) is 15.2. The molecule has 5 nitrogen and oxygen atoms in total. The molecule has 1 fully saturated rings. The number of hydrogen-bond donors (Lipinski definition) is 0. The lowest BCUT2D eigenvalue weighted by atomic mass is 10.1. The van der Waals surface area contributed by atoms with Gasteiger partial charge in [0.05, 0.1) is 5.88 Å². The van der Waals surface area contributed by atoms with Gasteiger partial charge < -0.3 is 14.5 Å². The van der Waals surface area contributed by atoms with Crippen LogP contribution in [0.5, 0.6) is 0 Å². The summed E-state index contributed by atoms with van der Waals surface area (Å²) < 4.78 is 4.98. The Bertz CT molecular complexity index is 496. The van der Waals surface area contributed by atoms with Crippen LogP contribution in [0, 0.1) is 6.92 Å². The van der Waals surface area contributed by atoms with Crippen molar-refractivity contribution in [3.63, 3.8) is 0 Å². The molecule has 1 saturated heterocycles. The van der Waals surface area contributed by atoms with E-state index in [1.165, 1.54) is 0 Å².